The highest BCUT2D eigenvalue weighted by Gasteiger charge is 2.60. The summed E-state index contributed by atoms with van der Waals surface area (Å²) in [6.07, 6.45) is 12.8. The summed E-state index contributed by atoms with van der Waals surface area (Å²) in [5.41, 5.74) is 4.95. The van der Waals surface area contributed by atoms with E-state index in [0.717, 1.165) is 35.7 Å². The van der Waals surface area contributed by atoms with Gasteiger partial charge >= 0.3 is 0 Å². The maximum absolute atomic E-state index is 13.7. The lowest BCUT2D eigenvalue weighted by Gasteiger charge is -2.56. The van der Waals surface area contributed by atoms with E-state index < -0.39 is 0 Å². The molecule has 4 fully saturated rings. The predicted octanol–water partition coefficient (Wildman–Crippen LogP) is 7.26. The van der Waals surface area contributed by atoms with E-state index in [1.54, 1.807) is 0 Å². The summed E-state index contributed by atoms with van der Waals surface area (Å²) in [6, 6.07) is 9.41. The Morgan fingerprint density at radius 3 is 2.52 bits per heavy atom. The first-order chi connectivity index (χ1) is 15.1. The van der Waals surface area contributed by atoms with Gasteiger partial charge in [-0.1, -0.05) is 50.1 Å². The maximum atomic E-state index is 13.7. The number of benzene rings is 1. The van der Waals surface area contributed by atoms with Gasteiger partial charge < -0.3 is 0 Å². The lowest BCUT2D eigenvalue weighted by Crippen LogP contribution is -2.52. The fraction of sp³-hybridized carbons (Fsp3) is 0.679. The SMILES string of the molecule is CCc1ccc([C@H]2[C@H]3C(=CC(=O)C24SCCS4)CC[C@@H]2[C@@H]3CC[C@]3(C)CCC[C@@H]23)cc1. The molecule has 3 heteroatoms. The number of thioether (sulfide) groups is 2. The van der Waals surface area contributed by atoms with Crippen LogP contribution in [-0.2, 0) is 11.2 Å². The molecule has 0 N–H and O–H groups in total. The number of ketones is 1. The topological polar surface area (TPSA) is 17.1 Å². The Hall–Kier alpha value is -0.670. The molecule has 0 unspecified atom stereocenters. The molecule has 0 aromatic heterocycles. The fourth-order valence-electron chi connectivity index (χ4n) is 8.37. The largest absolute Gasteiger partial charge is 0.292 e. The lowest BCUT2D eigenvalue weighted by molar-refractivity contribution is -0.116. The van der Waals surface area contributed by atoms with Gasteiger partial charge in [0.2, 0.25) is 0 Å². The van der Waals surface area contributed by atoms with Crippen molar-refractivity contribution in [2.75, 3.05) is 11.5 Å². The molecule has 1 aliphatic heterocycles. The van der Waals surface area contributed by atoms with E-state index in [1.165, 1.54) is 61.6 Å². The van der Waals surface area contributed by atoms with Crippen molar-refractivity contribution in [1.82, 2.24) is 0 Å². The highest BCUT2D eigenvalue weighted by Crippen LogP contribution is 2.67. The third-order valence-electron chi connectivity index (χ3n) is 9.82. The Morgan fingerprint density at radius 2 is 1.77 bits per heavy atom. The Labute approximate surface area is 196 Å². The van der Waals surface area contributed by atoms with E-state index in [9.17, 15) is 4.79 Å². The molecule has 4 aliphatic carbocycles. The second-order valence-corrected chi connectivity index (χ2v) is 14.0. The van der Waals surface area contributed by atoms with Crippen molar-refractivity contribution in [2.24, 2.45) is 29.1 Å². The van der Waals surface area contributed by atoms with Crippen LogP contribution in [0.25, 0.3) is 0 Å². The summed E-state index contributed by atoms with van der Waals surface area (Å²) in [6.45, 7) is 4.83. The minimum absolute atomic E-state index is 0.278. The van der Waals surface area contributed by atoms with Crippen LogP contribution in [0.15, 0.2) is 35.9 Å². The zero-order valence-electron chi connectivity index (χ0n) is 19.1. The molecule has 5 aliphatic rings. The van der Waals surface area contributed by atoms with Crippen LogP contribution >= 0.6 is 23.5 Å². The Bertz CT molecular complexity index is 896. The summed E-state index contributed by atoms with van der Waals surface area (Å²) < 4.78 is -0.278. The summed E-state index contributed by atoms with van der Waals surface area (Å²) >= 11 is 3.94. The molecule has 0 radical (unpaired) electrons. The molecule has 1 aromatic carbocycles. The van der Waals surface area contributed by atoms with Gasteiger partial charge in [0.1, 0.15) is 4.08 Å². The Kier molecular flexibility index (Phi) is 5.18. The minimum atomic E-state index is -0.278. The van der Waals surface area contributed by atoms with Crippen molar-refractivity contribution < 1.29 is 4.79 Å². The quantitative estimate of drug-likeness (QED) is 0.470. The van der Waals surface area contributed by atoms with Gasteiger partial charge in [0.15, 0.2) is 5.78 Å². The highest BCUT2D eigenvalue weighted by atomic mass is 32.2. The molecular formula is C28H36OS2. The van der Waals surface area contributed by atoms with Crippen molar-refractivity contribution in [3.8, 4) is 0 Å². The van der Waals surface area contributed by atoms with Gasteiger partial charge in [0, 0.05) is 17.4 Å². The first-order valence-electron chi connectivity index (χ1n) is 12.7. The van der Waals surface area contributed by atoms with Gasteiger partial charge in [-0.3, -0.25) is 4.79 Å². The van der Waals surface area contributed by atoms with E-state index in [2.05, 4.69) is 44.2 Å². The summed E-state index contributed by atoms with van der Waals surface area (Å²) in [5.74, 6) is 6.15. The van der Waals surface area contributed by atoms with E-state index in [4.69, 9.17) is 0 Å². The molecule has 1 saturated heterocycles. The minimum Gasteiger partial charge on any atom is -0.292 e. The van der Waals surface area contributed by atoms with Crippen molar-refractivity contribution in [1.29, 1.82) is 0 Å². The molecule has 166 valence electrons. The predicted molar refractivity (Wildman–Crippen MR) is 134 cm³/mol. The third-order valence-corrected chi connectivity index (χ3v) is 13.4. The summed E-state index contributed by atoms with van der Waals surface area (Å²) in [5, 5.41) is 0. The van der Waals surface area contributed by atoms with E-state index in [-0.39, 0.29) is 4.08 Å². The molecule has 1 heterocycles. The van der Waals surface area contributed by atoms with Crippen molar-refractivity contribution in [3.05, 3.63) is 47.0 Å². The van der Waals surface area contributed by atoms with Gasteiger partial charge in [-0.05, 0) is 91.2 Å². The zero-order valence-corrected chi connectivity index (χ0v) is 20.7. The number of fused-ring (bicyclic) bond motifs is 5. The second-order valence-electron chi connectivity index (χ2n) is 11.1. The number of aryl methyl sites for hydroxylation is 1. The molecule has 31 heavy (non-hydrogen) atoms. The first kappa shape index (κ1) is 20.9. The van der Waals surface area contributed by atoms with Crippen molar-refractivity contribution >= 4 is 29.3 Å². The van der Waals surface area contributed by atoms with E-state index >= 15 is 0 Å². The molecule has 3 saturated carbocycles. The van der Waals surface area contributed by atoms with Crippen LogP contribution in [0.3, 0.4) is 0 Å². The van der Waals surface area contributed by atoms with Crippen LogP contribution in [0.2, 0.25) is 0 Å². The molecule has 1 aromatic rings. The van der Waals surface area contributed by atoms with E-state index in [1.807, 2.05) is 23.5 Å². The number of carbonyl (C=O) groups is 1. The third kappa shape index (κ3) is 3.08. The molecule has 6 rings (SSSR count). The molecule has 6 atom stereocenters. The fourth-order valence-corrected chi connectivity index (χ4v) is 11.8. The van der Waals surface area contributed by atoms with Crippen LogP contribution in [0.5, 0.6) is 0 Å². The molecule has 1 spiro atoms. The number of carbonyl (C=O) groups excluding carboxylic acids is 1. The standard InChI is InChI=1S/C28H36OS2/c1-3-18-6-8-19(9-7-18)26-25-20(17-24(29)28(26)30-15-16-31-28)10-11-21-22(25)12-14-27(2)13-4-5-23(21)27/h6-9,17,21-23,25-26H,3-5,10-16H2,1-2H3/t21-,22+,23+,25+,26+,27+/m1/s1. The van der Waals surface area contributed by atoms with Gasteiger partial charge in [-0.25, -0.2) is 0 Å². The van der Waals surface area contributed by atoms with Gasteiger partial charge in [-0.2, -0.15) is 0 Å². The van der Waals surface area contributed by atoms with Crippen molar-refractivity contribution in [3.63, 3.8) is 0 Å². The highest BCUT2D eigenvalue weighted by molar-refractivity contribution is 8.22. The van der Waals surface area contributed by atoms with Gasteiger partial charge in [-0.15, -0.1) is 23.5 Å². The Balaban J connectivity index is 1.46. The second kappa shape index (κ2) is 7.69. The van der Waals surface area contributed by atoms with Crippen LogP contribution in [-0.4, -0.2) is 21.4 Å². The average Bonchev–Trinajstić information content (AvgIpc) is 3.42. The number of rotatable bonds is 2. The smallest absolute Gasteiger partial charge is 0.182 e. The normalized spacial score (nSPS) is 40.9. The molecule has 0 bridgehead atoms. The monoisotopic (exact) mass is 452 g/mol. The Morgan fingerprint density at radius 1 is 1.00 bits per heavy atom. The average molecular weight is 453 g/mol. The lowest BCUT2D eigenvalue weighted by atomic mass is 9.50. The van der Waals surface area contributed by atoms with Crippen molar-refractivity contribution in [2.45, 2.75) is 75.2 Å². The molecular weight excluding hydrogens is 416 g/mol. The molecule has 0 amide bonds. The summed E-state index contributed by atoms with van der Waals surface area (Å²) in [4.78, 5) is 13.7. The molecule has 1 nitrogen and oxygen atoms in total. The van der Waals surface area contributed by atoms with E-state index in [0.29, 0.717) is 23.0 Å². The van der Waals surface area contributed by atoms with Gasteiger partial charge in [0.25, 0.3) is 0 Å². The summed E-state index contributed by atoms with van der Waals surface area (Å²) in [7, 11) is 0. The van der Waals surface area contributed by atoms with Crippen LogP contribution < -0.4 is 0 Å². The zero-order chi connectivity index (χ0) is 21.2. The van der Waals surface area contributed by atoms with Gasteiger partial charge in [0.05, 0.1) is 0 Å². The number of hydrogen-bond donors (Lipinski definition) is 0. The van der Waals surface area contributed by atoms with Crippen LogP contribution in [0, 0.1) is 29.1 Å². The number of allylic oxidation sites excluding steroid dienone is 1. The maximum Gasteiger partial charge on any atom is 0.182 e. The van der Waals surface area contributed by atoms with Crippen LogP contribution in [0.1, 0.15) is 75.8 Å². The number of hydrogen-bond acceptors (Lipinski definition) is 3. The first-order valence-corrected chi connectivity index (χ1v) is 14.6. The van der Waals surface area contributed by atoms with Crippen LogP contribution in [0.4, 0.5) is 0 Å².